The number of carbonyl (C=O) groups excluding carboxylic acids is 2. The Hall–Kier alpha value is -4.09. The van der Waals surface area contributed by atoms with Crippen LogP contribution in [-0.4, -0.2) is 47.3 Å². The first-order chi connectivity index (χ1) is 16.1. The molecule has 0 unspecified atom stereocenters. The van der Waals surface area contributed by atoms with E-state index in [1.54, 1.807) is 31.2 Å². The maximum atomic E-state index is 13.3. The van der Waals surface area contributed by atoms with Crippen molar-refractivity contribution in [2.45, 2.75) is 19.1 Å². The number of alkyl halides is 3. The fourth-order valence-corrected chi connectivity index (χ4v) is 3.68. The zero-order valence-corrected chi connectivity index (χ0v) is 18.4. The lowest BCUT2D eigenvalue weighted by molar-refractivity contribution is -0.139. The molecule has 0 bridgehead atoms. The van der Waals surface area contributed by atoms with Crippen molar-refractivity contribution in [2.24, 2.45) is 0 Å². The van der Waals surface area contributed by atoms with Crippen LogP contribution in [0.3, 0.4) is 0 Å². The average molecular weight is 475 g/mol. The lowest BCUT2D eigenvalue weighted by Gasteiger charge is -2.31. The number of carbonyl (C=O) groups is 2. The van der Waals surface area contributed by atoms with Gasteiger partial charge in [-0.15, -0.1) is 0 Å². The number of nitrogens with one attached hydrogen (secondary N) is 1. The Bertz CT molecular complexity index is 1260. The molecule has 1 atom stereocenters. The number of amides is 2. The van der Waals surface area contributed by atoms with Crippen molar-refractivity contribution in [1.29, 1.82) is 0 Å². The van der Waals surface area contributed by atoms with Crippen LogP contribution < -0.4 is 19.7 Å². The van der Waals surface area contributed by atoms with Crippen LogP contribution in [0.25, 0.3) is 0 Å². The van der Waals surface area contributed by atoms with Gasteiger partial charge in [-0.05, 0) is 31.2 Å². The minimum Gasteiger partial charge on any atom is -0.497 e. The van der Waals surface area contributed by atoms with Crippen LogP contribution in [0.4, 0.5) is 24.7 Å². The van der Waals surface area contributed by atoms with Crippen molar-refractivity contribution in [1.82, 2.24) is 14.8 Å². The molecule has 3 aromatic rings. The number of methoxy groups -OCH3 is 2. The van der Waals surface area contributed by atoms with E-state index in [4.69, 9.17) is 9.47 Å². The normalized spacial score (nSPS) is 15.6. The second-order valence-electron chi connectivity index (χ2n) is 7.53. The smallest absolute Gasteiger partial charge is 0.421 e. The predicted octanol–water partition coefficient (Wildman–Crippen LogP) is 3.79. The van der Waals surface area contributed by atoms with Crippen molar-refractivity contribution < 1.29 is 32.2 Å². The molecule has 1 N–H and O–H groups in total. The van der Waals surface area contributed by atoms with Crippen molar-refractivity contribution in [3.63, 3.8) is 0 Å². The van der Waals surface area contributed by atoms with Gasteiger partial charge >= 0.3 is 6.18 Å². The van der Waals surface area contributed by atoms with Gasteiger partial charge in [0, 0.05) is 18.3 Å². The highest BCUT2D eigenvalue weighted by molar-refractivity contribution is 6.15. The molecule has 4 rings (SSSR count). The Kier molecular flexibility index (Phi) is 5.90. The summed E-state index contributed by atoms with van der Waals surface area (Å²) < 4.78 is 51.0. The Labute approximate surface area is 192 Å². The third kappa shape index (κ3) is 4.14. The molecule has 0 fully saturated rings. The zero-order chi connectivity index (χ0) is 24.6. The Morgan fingerprint density at radius 1 is 1.18 bits per heavy atom. The molecular formula is C22H20F3N5O4. The van der Waals surface area contributed by atoms with E-state index >= 15 is 0 Å². The van der Waals surface area contributed by atoms with Crippen LogP contribution in [-0.2, 0) is 6.18 Å². The van der Waals surface area contributed by atoms with E-state index in [0.29, 0.717) is 11.4 Å². The Balaban J connectivity index is 1.67. The zero-order valence-electron chi connectivity index (χ0n) is 18.4. The molecule has 9 nitrogen and oxygen atoms in total. The number of benzene rings is 1. The summed E-state index contributed by atoms with van der Waals surface area (Å²) in [5.41, 5.74) is -0.589. The van der Waals surface area contributed by atoms with Gasteiger partial charge in [-0.3, -0.25) is 19.2 Å². The SMILES string of the molecule is COc1cccc(NC(=O)c2cnn3c2C(=O)N(c2ccc(C(F)(F)F)c(OC)n2)C[C@@H]3C)c1. The van der Waals surface area contributed by atoms with Crippen molar-refractivity contribution >= 4 is 23.3 Å². The summed E-state index contributed by atoms with van der Waals surface area (Å²) in [7, 11) is 2.56. The number of halogens is 3. The molecule has 0 spiro atoms. The van der Waals surface area contributed by atoms with Gasteiger partial charge in [0.1, 0.15) is 22.8 Å². The van der Waals surface area contributed by atoms with Crippen LogP contribution in [0, 0.1) is 0 Å². The number of pyridine rings is 1. The van der Waals surface area contributed by atoms with Crippen LogP contribution >= 0.6 is 0 Å². The molecule has 0 radical (unpaired) electrons. The van der Waals surface area contributed by atoms with Gasteiger partial charge in [-0.2, -0.15) is 23.3 Å². The fourth-order valence-electron chi connectivity index (χ4n) is 3.68. The molecule has 12 heteroatoms. The van der Waals surface area contributed by atoms with Gasteiger partial charge in [-0.1, -0.05) is 6.07 Å². The molecule has 0 saturated carbocycles. The van der Waals surface area contributed by atoms with Crippen LogP contribution in [0.1, 0.15) is 39.4 Å². The number of ether oxygens (including phenoxy) is 2. The molecule has 178 valence electrons. The maximum Gasteiger partial charge on any atom is 0.421 e. The second-order valence-corrected chi connectivity index (χ2v) is 7.53. The van der Waals surface area contributed by atoms with E-state index in [-0.39, 0.29) is 29.7 Å². The summed E-state index contributed by atoms with van der Waals surface area (Å²) in [6.45, 7) is 1.85. The van der Waals surface area contributed by atoms with Crippen LogP contribution in [0.5, 0.6) is 11.6 Å². The third-order valence-corrected chi connectivity index (χ3v) is 5.30. The van der Waals surface area contributed by atoms with Gasteiger partial charge in [0.05, 0.1) is 32.0 Å². The van der Waals surface area contributed by atoms with E-state index in [2.05, 4.69) is 15.4 Å². The molecule has 0 aliphatic carbocycles. The molecule has 0 saturated heterocycles. The highest BCUT2D eigenvalue weighted by Crippen LogP contribution is 2.37. The topological polar surface area (TPSA) is 98.6 Å². The van der Waals surface area contributed by atoms with Gasteiger partial charge in [-0.25, -0.2) is 0 Å². The third-order valence-electron chi connectivity index (χ3n) is 5.30. The summed E-state index contributed by atoms with van der Waals surface area (Å²) in [5, 5.41) is 6.88. The summed E-state index contributed by atoms with van der Waals surface area (Å²) in [4.78, 5) is 31.4. The maximum absolute atomic E-state index is 13.3. The molecule has 3 heterocycles. The minimum atomic E-state index is -4.67. The molecule has 1 aromatic carbocycles. The van der Waals surface area contributed by atoms with E-state index in [1.165, 1.54) is 22.9 Å². The number of aromatic nitrogens is 3. The predicted molar refractivity (Wildman–Crippen MR) is 115 cm³/mol. The summed E-state index contributed by atoms with van der Waals surface area (Å²) in [6.07, 6.45) is -3.39. The monoisotopic (exact) mass is 475 g/mol. The molecule has 2 amide bonds. The number of hydrogen-bond acceptors (Lipinski definition) is 6. The Morgan fingerprint density at radius 3 is 2.62 bits per heavy atom. The second kappa shape index (κ2) is 8.69. The van der Waals surface area contributed by atoms with Gasteiger partial charge in [0.25, 0.3) is 11.8 Å². The largest absolute Gasteiger partial charge is 0.497 e. The average Bonchev–Trinajstić information content (AvgIpc) is 3.27. The van der Waals surface area contributed by atoms with Crippen LogP contribution in [0.2, 0.25) is 0 Å². The van der Waals surface area contributed by atoms with E-state index in [1.807, 2.05) is 0 Å². The van der Waals surface area contributed by atoms with Crippen molar-refractivity contribution in [3.8, 4) is 11.6 Å². The first-order valence-electron chi connectivity index (χ1n) is 10.1. The number of hydrogen-bond donors (Lipinski definition) is 1. The van der Waals surface area contributed by atoms with Crippen LogP contribution in [0.15, 0.2) is 42.6 Å². The first-order valence-corrected chi connectivity index (χ1v) is 10.1. The molecule has 34 heavy (non-hydrogen) atoms. The molecule has 1 aliphatic rings. The summed E-state index contributed by atoms with van der Waals surface area (Å²) in [5.74, 6) is -1.35. The number of rotatable bonds is 5. The Morgan fingerprint density at radius 2 is 1.94 bits per heavy atom. The lowest BCUT2D eigenvalue weighted by Crippen LogP contribution is -2.44. The van der Waals surface area contributed by atoms with E-state index in [0.717, 1.165) is 19.2 Å². The highest BCUT2D eigenvalue weighted by atomic mass is 19.4. The highest BCUT2D eigenvalue weighted by Gasteiger charge is 2.38. The van der Waals surface area contributed by atoms with E-state index < -0.39 is 29.4 Å². The summed E-state index contributed by atoms with van der Waals surface area (Å²) in [6, 6.07) is 8.21. The van der Waals surface area contributed by atoms with Gasteiger partial charge < -0.3 is 14.8 Å². The van der Waals surface area contributed by atoms with E-state index in [9.17, 15) is 22.8 Å². The number of fused-ring (bicyclic) bond motifs is 1. The standard InChI is InChI=1S/C22H20F3N5O4/c1-12-11-29(17-8-7-16(22(23,24)25)20(28-17)34-3)21(32)18-15(10-26-30(12)18)19(31)27-13-5-4-6-14(9-13)33-2/h4-10,12H,11H2,1-3H3,(H,27,31)/t12-/m0/s1. The first kappa shape index (κ1) is 23.1. The van der Waals surface area contributed by atoms with Crippen molar-refractivity contribution in [2.75, 3.05) is 31.0 Å². The fraction of sp³-hybridized carbons (Fsp3) is 0.273. The number of anilines is 2. The van der Waals surface area contributed by atoms with Gasteiger partial charge in [0.2, 0.25) is 5.88 Å². The quantitative estimate of drug-likeness (QED) is 0.603. The van der Waals surface area contributed by atoms with Gasteiger partial charge in [0.15, 0.2) is 0 Å². The molecule has 1 aliphatic heterocycles. The number of nitrogens with zero attached hydrogens (tertiary/aromatic N) is 4. The molecule has 2 aromatic heterocycles. The lowest BCUT2D eigenvalue weighted by atomic mass is 10.1. The minimum absolute atomic E-state index is 0.000175. The molecular weight excluding hydrogens is 455 g/mol. The van der Waals surface area contributed by atoms with Crippen molar-refractivity contribution in [3.05, 3.63) is 59.4 Å². The summed E-state index contributed by atoms with van der Waals surface area (Å²) >= 11 is 0.